The first-order chi connectivity index (χ1) is 12.7. The summed E-state index contributed by atoms with van der Waals surface area (Å²) in [6.45, 7) is 0. The lowest BCUT2D eigenvalue weighted by Gasteiger charge is -2.33. The van der Waals surface area contributed by atoms with Crippen molar-refractivity contribution in [1.82, 2.24) is 14.8 Å². The number of pyridine rings is 1. The van der Waals surface area contributed by atoms with Crippen LogP contribution in [0.2, 0.25) is 0 Å². The van der Waals surface area contributed by atoms with E-state index in [9.17, 15) is 9.59 Å². The minimum Gasteiger partial charge on any atom is -0.469 e. The van der Waals surface area contributed by atoms with E-state index in [2.05, 4.69) is 10.2 Å². The summed E-state index contributed by atoms with van der Waals surface area (Å²) in [7, 11) is 1.33. The van der Waals surface area contributed by atoms with Gasteiger partial charge in [0.1, 0.15) is 17.0 Å². The van der Waals surface area contributed by atoms with Gasteiger partial charge in [0.15, 0.2) is 0 Å². The fourth-order valence-corrected chi connectivity index (χ4v) is 4.01. The Bertz CT molecular complexity index is 925. The highest BCUT2D eigenvalue weighted by Gasteiger charge is 2.30. The number of hydrogen-bond donors (Lipinski definition) is 1. The number of methoxy groups -OCH3 is 1. The molecule has 1 aromatic rings. The number of ether oxygens (including phenoxy) is 1. The molecule has 3 heterocycles. The quantitative estimate of drug-likeness (QED) is 0.727. The van der Waals surface area contributed by atoms with Crippen LogP contribution in [0.15, 0.2) is 40.0 Å². The molecular weight excluding hydrogens is 334 g/mol. The summed E-state index contributed by atoms with van der Waals surface area (Å²) >= 11 is 0. The highest BCUT2D eigenvalue weighted by atomic mass is 16.5. The molecule has 26 heavy (non-hydrogen) atoms. The first-order valence-corrected chi connectivity index (χ1v) is 8.88. The standard InChI is InChI=1S/C19H21N3O4/c1-25-19(24)15-11-22(10-14-17(15)20-21-18(14)23)16-7-3-2-5-12(16)9-13-6-4-8-26-13/h4,6,8,10-12,16H,2-3,5,7,9H2,1H3,(H,21,23)/t12-,16-/m1/s1. The fourth-order valence-electron chi connectivity index (χ4n) is 4.01. The number of rotatable bonds is 4. The Morgan fingerprint density at radius 2 is 2.23 bits per heavy atom. The van der Waals surface area contributed by atoms with Crippen molar-refractivity contribution in [3.05, 3.63) is 52.5 Å². The highest BCUT2D eigenvalue weighted by molar-refractivity contribution is 5.95. The summed E-state index contributed by atoms with van der Waals surface area (Å²) in [5.41, 5.74) is 0.787. The minimum atomic E-state index is -0.491. The van der Waals surface area contributed by atoms with Crippen molar-refractivity contribution < 1.29 is 13.9 Å². The van der Waals surface area contributed by atoms with Crippen LogP contribution >= 0.6 is 0 Å². The average Bonchev–Trinajstić information content (AvgIpc) is 3.31. The van der Waals surface area contributed by atoms with Crippen LogP contribution in [0.3, 0.4) is 0 Å². The number of furan rings is 1. The maximum Gasteiger partial charge on any atom is 0.341 e. The van der Waals surface area contributed by atoms with Crippen molar-refractivity contribution in [2.24, 2.45) is 5.92 Å². The van der Waals surface area contributed by atoms with Crippen molar-refractivity contribution in [2.45, 2.75) is 38.1 Å². The van der Waals surface area contributed by atoms with Gasteiger partial charge in [0.2, 0.25) is 0 Å². The van der Waals surface area contributed by atoms with Crippen LogP contribution in [0.4, 0.5) is 0 Å². The molecule has 0 bridgehead atoms. The van der Waals surface area contributed by atoms with E-state index in [0.717, 1.165) is 31.4 Å². The fraction of sp³-hybridized carbons (Fsp3) is 0.421. The van der Waals surface area contributed by atoms with Crippen LogP contribution in [-0.2, 0) is 11.2 Å². The number of H-pyrrole nitrogens is 1. The largest absolute Gasteiger partial charge is 0.469 e. The van der Waals surface area contributed by atoms with Crippen molar-refractivity contribution in [2.75, 3.05) is 7.11 Å². The molecule has 7 nitrogen and oxygen atoms in total. The van der Waals surface area contributed by atoms with Gasteiger partial charge in [0.05, 0.1) is 18.9 Å². The van der Waals surface area contributed by atoms with E-state index >= 15 is 0 Å². The molecule has 0 spiro atoms. The molecule has 0 amide bonds. The lowest BCUT2D eigenvalue weighted by molar-refractivity contribution is 0.0599. The highest BCUT2D eigenvalue weighted by Crippen LogP contribution is 2.37. The van der Waals surface area contributed by atoms with Crippen molar-refractivity contribution >= 4 is 5.97 Å². The number of carbonyl (C=O) groups is 1. The Morgan fingerprint density at radius 1 is 1.38 bits per heavy atom. The van der Waals surface area contributed by atoms with Gasteiger partial charge >= 0.3 is 5.97 Å². The Hall–Kier alpha value is -2.83. The molecule has 0 radical (unpaired) electrons. The van der Waals surface area contributed by atoms with Crippen LogP contribution in [0.25, 0.3) is 11.3 Å². The van der Waals surface area contributed by atoms with Crippen LogP contribution in [0, 0.1) is 5.92 Å². The van der Waals surface area contributed by atoms with E-state index < -0.39 is 5.97 Å². The predicted octanol–water partition coefficient (Wildman–Crippen LogP) is 3.03. The van der Waals surface area contributed by atoms with E-state index in [0.29, 0.717) is 22.7 Å². The topological polar surface area (TPSA) is 90.1 Å². The molecule has 1 fully saturated rings. The molecule has 1 aromatic heterocycles. The summed E-state index contributed by atoms with van der Waals surface area (Å²) in [5.74, 6) is 0.851. The number of aromatic amines is 1. The minimum absolute atomic E-state index is 0.191. The maximum atomic E-state index is 12.2. The maximum absolute atomic E-state index is 12.2. The van der Waals surface area contributed by atoms with Gasteiger partial charge in [-0.2, -0.15) is 5.10 Å². The molecule has 3 aliphatic rings. The van der Waals surface area contributed by atoms with Crippen molar-refractivity contribution in [3.63, 3.8) is 0 Å². The number of aromatic nitrogens is 3. The molecule has 2 aliphatic heterocycles. The number of esters is 1. The Labute approximate surface area is 150 Å². The SMILES string of the molecule is COC(=O)c1cn([C@@H]2CCCC[C@@H]2Cc2ccco2)cc2c(=O)[nH]nc1-2. The molecule has 1 N–H and O–H groups in total. The molecule has 4 rings (SSSR count). The molecule has 1 aliphatic carbocycles. The van der Waals surface area contributed by atoms with Crippen LogP contribution in [-0.4, -0.2) is 27.8 Å². The van der Waals surface area contributed by atoms with E-state index in [4.69, 9.17) is 9.15 Å². The van der Waals surface area contributed by atoms with E-state index in [-0.39, 0.29) is 11.6 Å². The number of carbonyl (C=O) groups excluding carboxylic acids is 1. The summed E-state index contributed by atoms with van der Waals surface area (Å²) in [6, 6.07) is 4.08. The smallest absolute Gasteiger partial charge is 0.341 e. The van der Waals surface area contributed by atoms with Gasteiger partial charge < -0.3 is 13.7 Å². The zero-order valence-electron chi connectivity index (χ0n) is 14.6. The molecule has 136 valence electrons. The Balaban J connectivity index is 1.76. The zero-order chi connectivity index (χ0) is 18.1. The summed E-state index contributed by atoms with van der Waals surface area (Å²) in [6.07, 6.45) is 10.5. The van der Waals surface area contributed by atoms with Crippen molar-refractivity contribution in [1.29, 1.82) is 0 Å². The third-order valence-corrected chi connectivity index (χ3v) is 5.28. The lowest BCUT2D eigenvalue weighted by Crippen LogP contribution is -2.26. The third kappa shape index (κ3) is 2.94. The monoisotopic (exact) mass is 355 g/mol. The predicted molar refractivity (Wildman–Crippen MR) is 94.2 cm³/mol. The summed E-state index contributed by atoms with van der Waals surface area (Å²) in [4.78, 5) is 24.3. The third-order valence-electron chi connectivity index (χ3n) is 5.28. The summed E-state index contributed by atoms with van der Waals surface area (Å²) in [5, 5.41) is 6.42. The van der Waals surface area contributed by atoms with E-state index in [1.54, 1.807) is 18.7 Å². The van der Waals surface area contributed by atoms with Gasteiger partial charge in [-0.15, -0.1) is 0 Å². The van der Waals surface area contributed by atoms with Gasteiger partial charge in [0, 0.05) is 24.9 Å². The van der Waals surface area contributed by atoms with Crippen LogP contribution < -0.4 is 5.56 Å². The number of fused-ring (bicyclic) bond motifs is 1. The summed E-state index contributed by atoms with van der Waals surface area (Å²) < 4.78 is 12.4. The van der Waals surface area contributed by atoms with Gasteiger partial charge in [-0.25, -0.2) is 9.89 Å². The Kier molecular flexibility index (Phi) is 4.36. The average molecular weight is 355 g/mol. The Morgan fingerprint density at radius 3 is 3.00 bits per heavy atom. The first-order valence-electron chi connectivity index (χ1n) is 8.88. The van der Waals surface area contributed by atoms with Crippen LogP contribution in [0.1, 0.15) is 47.8 Å². The molecular formula is C19H21N3O4. The second-order valence-electron chi connectivity index (χ2n) is 6.82. The lowest BCUT2D eigenvalue weighted by atomic mass is 9.81. The molecule has 1 saturated carbocycles. The second kappa shape index (κ2) is 6.82. The number of hydrogen-bond acceptors (Lipinski definition) is 5. The van der Waals surface area contributed by atoms with Crippen LogP contribution in [0.5, 0.6) is 0 Å². The van der Waals surface area contributed by atoms with E-state index in [1.165, 1.54) is 13.5 Å². The number of nitrogens with one attached hydrogen (secondary N) is 1. The van der Waals surface area contributed by atoms with Crippen molar-refractivity contribution in [3.8, 4) is 11.3 Å². The van der Waals surface area contributed by atoms with Gasteiger partial charge in [-0.3, -0.25) is 4.79 Å². The van der Waals surface area contributed by atoms with Gasteiger partial charge in [-0.1, -0.05) is 12.8 Å². The first kappa shape index (κ1) is 16.6. The molecule has 0 unspecified atom stereocenters. The zero-order valence-corrected chi connectivity index (χ0v) is 14.6. The molecule has 7 heteroatoms. The normalized spacial score (nSPS) is 20.3. The molecule has 0 saturated heterocycles. The van der Waals surface area contributed by atoms with Gasteiger partial charge in [-0.05, 0) is 30.9 Å². The van der Waals surface area contributed by atoms with E-state index in [1.807, 2.05) is 16.7 Å². The second-order valence-corrected chi connectivity index (χ2v) is 6.82. The van der Waals surface area contributed by atoms with Gasteiger partial charge in [0.25, 0.3) is 5.56 Å². The molecule has 2 atom stereocenters. The molecule has 0 aromatic carbocycles. The number of nitrogens with zero attached hydrogens (tertiary/aromatic N) is 2.